The molecule has 0 unspecified atom stereocenters. The maximum atomic E-state index is 13.0. The quantitative estimate of drug-likeness (QED) is 0.535. The van der Waals surface area contributed by atoms with Gasteiger partial charge in [0.1, 0.15) is 12.1 Å². The molecule has 0 saturated carbocycles. The third-order valence-corrected chi connectivity index (χ3v) is 4.19. The molecule has 1 atom stereocenters. The van der Waals surface area contributed by atoms with Gasteiger partial charge in [0.15, 0.2) is 11.6 Å². The molecule has 0 spiro atoms. The van der Waals surface area contributed by atoms with Crippen LogP contribution in [0, 0.1) is 0 Å². The molecule has 0 aliphatic rings. The Balaban J connectivity index is 1.79. The van der Waals surface area contributed by atoms with Gasteiger partial charge in [0, 0.05) is 10.6 Å². The first-order chi connectivity index (χ1) is 14.8. The number of pyridine rings is 1. The first kappa shape index (κ1) is 23.3. The molecule has 2 aromatic heterocycles. The first-order valence-corrected chi connectivity index (χ1v) is 9.02. The van der Waals surface area contributed by atoms with Gasteiger partial charge in [0.25, 0.3) is 5.91 Å². The lowest BCUT2D eigenvalue weighted by Crippen LogP contribution is -2.29. The van der Waals surface area contributed by atoms with Crippen LogP contribution in [-0.4, -0.2) is 32.0 Å². The molecule has 0 fully saturated rings. The molecule has 0 aliphatic heterocycles. The summed E-state index contributed by atoms with van der Waals surface area (Å²) >= 11 is 5.70. The van der Waals surface area contributed by atoms with Crippen LogP contribution in [0.3, 0.4) is 0 Å². The van der Waals surface area contributed by atoms with Crippen LogP contribution in [0.1, 0.15) is 34.7 Å². The molecule has 2 heterocycles. The van der Waals surface area contributed by atoms with Gasteiger partial charge in [-0.1, -0.05) is 11.6 Å². The van der Waals surface area contributed by atoms with Crippen molar-refractivity contribution >= 4 is 17.5 Å². The van der Waals surface area contributed by atoms with E-state index in [-0.39, 0.29) is 22.2 Å². The highest BCUT2D eigenvalue weighted by Crippen LogP contribution is 2.32. The SMILES string of the molecule is C[C@H](NC(=O)c1cc(Cl)cc(C(F)(F)F)c1)c1ncnn1-c1ccc(OC(F)(F)F)cn1. The largest absolute Gasteiger partial charge is 0.573 e. The summed E-state index contributed by atoms with van der Waals surface area (Å²) < 4.78 is 80.6. The number of amides is 1. The second-order valence-electron chi connectivity index (χ2n) is 6.35. The number of hydrogen-bond donors (Lipinski definition) is 1. The normalized spacial score (nSPS) is 13.0. The molecule has 170 valence electrons. The smallest absolute Gasteiger partial charge is 0.404 e. The van der Waals surface area contributed by atoms with Crippen LogP contribution in [0.5, 0.6) is 5.75 Å². The highest BCUT2D eigenvalue weighted by atomic mass is 35.5. The number of carbonyl (C=O) groups excluding carboxylic acids is 1. The van der Waals surface area contributed by atoms with Crippen molar-refractivity contribution in [1.82, 2.24) is 25.1 Å². The molecule has 0 aliphatic carbocycles. The van der Waals surface area contributed by atoms with E-state index in [1.807, 2.05) is 0 Å². The predicted octanol–water partition coefficient (Wildman–Crippen LogP) is 4.72. The summed E-state index contributed by atoms with van der Waals surface area (Å²) in [5.74, 6) is -1.23. The lowest BCUT2D eigenvalue weighted by molar-refractivity contribution is -0.274. The van der Waals surface area contributed by atoms with Crippen molar-refractivity contribution in [3.05, 3.63) is 64.8 Å². The summed E-state index contributed by atoms with van der Waals surface area (Å²) in [4.78, 5) is 20.3. The summed E-state index contributed by atoms with van der Waals surface area (Å²) in [7, 11) is 0. The lowest BCUT2D eigenvalue weighted by Gasteiger charge is -2.16. The number of aromatic nitrogens is 4. The minimum Gasteiger partial charge on any atom is -0.404 e. The highest BCUT2D eigenvalue weighted by molar-refractivity contribution is 6.31. The standard InChI is InChI=1S/C18H12ClF6N5O2/c1-9(29-16(31)10-4-11(17(20,21)22)6-12(19)5-10)15-27-8-28-30(15)14-3-2-13(7-26-14)32-18(23,24)25/h2-9H,1H3,(H,29,31)/t9-/m0/s1. The summed E-state index contributed by atoms with van der Waals surface area (Å²) in [6, 6.07) is 3.74. The lowest BCUT2D eigenvalue weighted by atomic mass is 10.1. The molecule has 1 N–H and O–H groups in total. The van der Waals surface area contributed by atoms with Crippen LogP contribution in [-0.2, 0) is 6.18 Å². The summed E-state index contributed by atoms with van der Waals surface area (Å²) in [6.07, 6.45) is -7.64. The molecule has 14 heteroatoms. The van der Waals surface area contributed by atoms with E-state index in [0.29, 0.717) is 12.1 Å². The maximum Gasteiger partial charge on any atom is 0.573 e. The van der Waals surface area contributed by atoms with Gasteiger partial charge in [-0.3, -0.25) is 4.79 Å². The Hall–Kier alpha value is -3.35. The van der Waals surface area contributed by atoms with E-state index >= 15 is 0 Å². The van der Waals surface area contributed by atoms with Gasteiger partial charge in [-0.15, -0.1) is 13.2 Å². The maximum absolute atomic E-state index is 13.0. The molecule has 3 rings (SSSR count). The van der Waals surface area contributed by atoms with Gasteiger partial charge in [0.05, 0.1) is 17.8 Å². The fourth-order valence-corrected chi connectivity index (χ4v) is 2.88. The van der Waals surface area contributed by atoms with Gasteiger partial charge in [0.2, 0.25) is 0 Å². The second-order valence-corrected chi connectivity index (χ2v) is 6.79. The predicted molar refractivity (Wildman–Crippen MR) is 98.2 cm³/mol. The number of benzene rings is 1. The van der Waals surface area contributed by atoms with Gasteiger partial charge < -0.3 is 10.1 Å². The molecule has 0 bridgehead atoms. The molecular formula is C18H12ClF6N5O2. The van der Waals surface area contributed by atoms with Gasteiger partial charge >= 0.3 is 12.5 Å². The van der Waals surface area contributed by atoms with Crippen molar-refractivity contribution in [3.8, 4) is 11.6 Å². The summed E-state index contributed by atoms with van der Waals surface area (Å²) in [5.41, 5.74) is -1.41. The van der Waals surface area contributed by atoms with Gasteiger partial charge in [-0.25, -0.2) is 9.97 Å². The Bertz CT molecular complexity index is 1110. The van der Waals surface area contributed by atoms with Crippen LogP contribution >= 0.6 is 11.6 Å². The molecule has 1 aromatic carbocycles. The molecule has 32 heavy (non-hydrogen) atoms. The molecule has 1 amide bonds. The minimum absolute atomic E-state index is 0.0650. The third kappa shape index (κ3) is 5.66. The van der Waals surface area contributed by atoms with Crippen molar-refractivity contribution in [2.24, 2.45) is 0 Å². The Morgan fingerprint density at radius 1 is 1.12 bits per heavy atom. The van der Waals surface area contributed by atoms with Crippen molar-refractivity contribution in [3.63, 3.8) is 0 Å². The number of alkyl halides is 6. The van der Waals surface area contributed by atoms with E-state index in [1.165, 1.54) is 13.0 Å². The average Bonchev–Trinajstić information content (AvgIpc) is 3.16. The highest BCUT2D eigenvalue weighted by Gasteiger charge is 2.32. The van der Waals surface area contributed by atoms with Crippen LogP contribution in [0.25, 0.3) is 5.82 Å². The van der Waals surface area contributed by atoms with E-state index in [9.17, 15) is 31.1 Å². The Morgan fingerprint density at radius 2 is 1.84 bits per heavy atom. The first-order valence-electron chi connectivity index (χ1n) is 8.64. The van der Waals surface area contributed by atoms with Crippen LogP contribution in [0.15, 0.2) is 42.9 Å². The van der Waals surface area contributed by atoms with Gasteiger partial charge in [-0.05, 0) is 37.3 Å². The molecule has 3 aromatic rings. The molecule has 7 nitrogen and oxygen atoms in total. The average molecular weight is 480 g/mol. The zero-order chi connectivity index (χ0) is 23.7. The third-order valence-electron chi connectivity index (χ3n) is 3.97. The number of carbonyl (C=O) groups is 1. The van der Waals surface area contributed by atoms with Crippen LogP contribution in [0.4, 0.5) is 26.3 Å². The Morgan fingerprint density at radius 3 is 2.44 bits per heavy atom. The molecular weight excluding hydrogens is 468 g/mol. The van der Waals surface area contributed by atoms with Crippen molar-refractivity contribution < 1.29 is 35.9 Å². The fourth-order valence-electron chi connectivity index (χ4n) is 2.64. The minimum atomic E-state index is -4.88. The molecule has 0 radical (unpaired) electrons. The number of ether oxygens (including phenoxy) is 1. The number of nitrogens with one attached hydrogen (secondary N) is 1. The topological polar surface area (TPSA) is 81.9 Å². The summed E-state index contributed by atoms with van der Waals surface area (Å²) in [5, 5.41) is 6.11. The number of rotatable bonds is 5. The zero-order valence-corrected chi connectivity index (χ0v) is 16.6. The van der Waals surface area contributed by atoms with Crippen LogP contribution < -0.4 is 10.1 Å². The van der Waals surface area contributed by atoms with Crippen molar-refractivity contribution in [2.45, 2.75) is 25.5 Å². The van der Waals surface area contributed by atoms with E-state index in [4.69, 9.17) is 11.6 Å². The summed E-state index contributed by atoms with van der Waals surface area (Å²) in [6.45, 7) is 1.48. The van der Waals surface area contributed by atoms with Gasteiger partial charge in [-0.2, -0.15) is 23.0 Å². The van der Waals surface area contributed by atoms with E-state index in [2.05, 4.69) is 25.1 Å². The van der Waals surface area contributed by atoms with Crippen molar-refractivity contribution in [1.29, 1.82) is 0 Å². The zero-order valence-electron chi connectivity index (χ0n) is 15.9. The number of nitrogens with zero attached hydrogens (tertiary/aromatic N) is 4. The molecule has 0 saturated heterocycles. The van der Waals surface area contributed by atoms with E-state index in [1.54, 1.807) is 0 Å². The Labute approximate surface area is 181 Å². The van der Waals surface area contributed by atoms with E-state index < -0.39 is 35.8 Å². The second kappa shape index (κ2) is 8.65. The number of halogens is 7. The van der Waals surface area contributed by atoms with E-state index in [0.717, 1.165) is 29.3 Å². The Kier molecular flexibility index (Phi) is 6.30. The monoisotopic (exact) mass is 479 g/mol. The van der Waals surface area contributed by atoms with Crippen LogP contribution in [0.2, 0.25) is 5.02 Å². The fraction of sp³-hybridized carbons (Fsp3) is 0.222. The number of hydrogen-bond acceptors (Lipinski definition) is 5. The van der Waals surface area contributed by atoms with Crippen molar-refractivity contribution in [2.75, 3.05) is 0 Å².